The molecule has 2 aliphatic heterocycles. The number of nitrogens with zero attached hydrogens (tertiary/aromatic N) is 5. The molecule has 0 saturated carbocycles. The third-order valence-corrected chi connectivity index (χ3v) is 6.66. The van der Waals surface area contributed by atoms with Crippen molar-refractivity contribution in [2.45, 2.75) is 25.7 Å². The fraction of sp³-hybridized carbons (Fsp3) is 0.423. The van der Waals surface area contributed by atoms with Gasteiger partial charge in [0.1, 0.15) is 5.75 Å². The second-order valence-corrected chi connectivity index (χ2v) is 8.77. The number of benzene rings is 2. The molecule has 0 N–H and O–H groups in total. The van der Waals surface area contributed by atoms with Gasteiger partial charge in [-0.25, -0.2) is 9.97 Å². The lowest BCUT2D eigenvalue weighted by Gasteiger charge is -2.37. The maximum atomic E-state index is 12.8. The van der Waals surface area contributed by atoms with Crippen LogP contribution in [0.25, 0.3) is 11.0 Å². The van der Waals surface area contributed by atoms with E-state index in [4.69, 9.17) is 14.7 Å². The van der Waals surface area contributed by atoms with Gasteiger partial charge in [0.25, 0.3) is 0 Å². The van der Waals surface area contributed by atoms with Crippen LogP contribution in [0.1, 0.15) is 24.8 Å². The average molecular weight is 446 g/mol. The van der Waals surface area contributed by atoms with E-state index in [1.807, 2.05) is 53.4 Å². The van der Waals surface area contributed by atoms with E-state index in [2.05, 4.69) is 9.80 Å². The number of methoxy groups -OCH3 is 1. The summed E-state index contributed by atoms with van der Waals surface area (Å²) < 4.78 is 5.21. The first kappa shape index (κ1) is 21.5. The number of rotatable bonds is 6. The number of piperazine rings is 1. The molecular formula is C26H31N5O2. The van der Waals surface area contributed by atoms with Crippen molar-refractivity contribution in [2.24, 2.45) is 0 Å². The number of ether oxygens (including phenoxy) is 1. The summed E-state index contributed by atoms with van der Waals surface area (Å²) in [6.07, 6.45) is 3.67. The number of hydrogen-bond donors (Lipinski definition) is 0. The summed E-state index contributed by atoms with van der Waals surface area (Å²) in [6, 6.07) is 16.0. The van der Waals surface area contributed by atoms with E-state index in [9.17, 15) is 4.79 Å². The number of carbonyl (C=O) groups excluding carboxylic acids is 1. The number of aryl methyl sites for hydroxylation is 1. The molecule has 2 saturated heterocycles. The molecule has 0 bridgehead atoms. The number of amides is 1. The van der Waals surface area contributed by atoms with Crippen molar-refractivity contribution in [1.29, 1.82) is 0 Å². The summed E-state index contributed by atoms with van der Waals surface area (Å²) in [5.41, 5.74) is 3.02. The predicted molar refractivity (Wildman–Crippen MR) is 131 cm³/mol. The molecule has 5 rings (SSSR count). The lowest BCUT2D eigenvalue weighted by molar-refractivity contribution is -0.131. The molecule has 2 aromatic carbocycles. The fourth-order valence-corrected chi connectivity index (χ4v) is 4.70. The minimum absolute atomic E-state index is 0.217. The van der Waals surface area contributed by atoms with Gasteiger partial charge in [-0.2, -0.15) is 0 Å². The molecular weight excluding hydrogens is 414 g/mol. The van der Waals surface area contributed by atoms with Crippen molar-refractivity contribution in [3.05, 3.63) is 54.1 Å². The zero-order valence-corrected chi connectivity index (χ0v) is 19.2. The van der Waals surface area contributed by atoms with Crippen molar-refractivity contribution in [2.75, 3.05) is 56.2 Å². The summed E-state index contributed by atoms with van der Waals surface area (Å²) in [6.45, 7) is 5.06. The average Bonchev–Trinajstić information content (AvgIpc) is 3.42. The van der Waals surface area contributed by atoms with Gasteiger partial charge in [-0.1, -0.05) is 24.3 Å². The monoisotopic (exact) mass is 445 g/mol. The molecule has 2 fully saturated rings. The summed E-state index contributed by atoms with van der Waals surface area (Å²) >= 11 is 0. The normalized spacial score (nSPS) is 16.5. The highest BCUT2D eigenvalue weighted by atomic mass is 16.5. The van der Waals surface area contributed by atoms with Crippen molar-refractivity contribution >= 4 is 28.6 Å². The van der Waals surface area contributed by atoms with Gasteiger partial charge < -0.3 is 19.4 Å². The molecule has 7 nitrogen and oxygen atoms in total. The van der Waals surface area contributed by atoms with Gasteiger partial charge in [-0.3, -0.25) is 4.79 Å². The Kier molecular flexibility index (Phi) is 6.28. The first-order chi connectivity index (χ1) is 16.2. The van der Waals surface area contributed by atoms with Crippen molar-refractivity contribution in [3.63, 3.8) is 0 Å². The Morgan fingerprint density at radius 2 is 1.39 bits per heavy atom. The van der Waals surface area contributed by atoms with E-state index in [1.165, 1.54) is 12.8 Å². The first-order valence-electron chi connectivity index (χ1n) is 11.9. The number of aromatic nitrogens is 2. The smallest absolute Gasteiger partial charge is 0.223 e. The van der Waals surface area contributed by atoms with E-state index in [1.54, 1.807) is 7.11 Å². The van der Waals surface area contributed by atoms with Crippen molar-refractivity contribution in [1.82, 2.24) is 14.9 Å². The number of fused-ring (bicyclic) bond motifs is 1. The van der Waals surface area contributed by atoms with Crippen LogP contribution in [0, 0.1) is 0 Å². The third kappa shape index (κ3) is 4.72. The van der Waals surface area contributed by atoms with E-state index in [0.29, 0.717) is 6.42 Å². The van der Waals surface area contributed by atoms with E-state index >= 15 is 0 Å². The first-order valence-corrected chi connectivity index (χ1v) is 11.9. The second kappa shape index (κ2) is 9.65. The Labute approximate surface area is 195 Å². The topological polar surface area (TPSA) is 61.8 Å². The molecule has 2 aliphatic rings. The summed E-state index contributed by atoms with van der Waals surface area (Å²) in [7, 11) is 1.66. The molecule has 1 aromatic heterocycles. The van der Waals surface area contributed by atoms with Gasteiger partial charge in [0.05, 0.1) is 18.1 Å². The van der Waals surface area contributed by atoms with Gasteiger partial charge in [0, 0.05) is 45.7 Å². The molecule has 172 valence electrons. The third-order valence-electron chi connectivity index (χ3n) is 6.66. The van der Waals surface area contributed by atoms with Crippen molar-refractivity contribution in [3.8, 4) is 5.75 Å². The van der Waals surface area contributed by atoms with Crippen LogP contribution in [0.15, 0.2) is 48.5 Å². The largest absolute Gasteiger partial charge is 0.497 e. The highest BCUT2D eigenvalue weighted by molar-refractivity contribution is 5.81. The molecule has 1 amide bonds. The molecule has 0 aliphatic carbocycles. The van der Waals surface area contributed by atoms with Crippen LogP contribution in [0.4, 0.5) is 11.6 Å². The minimum atomic E-state index is 0.217. The molecule has 33 heavy (non-hydrogen) atoms. The lowest BCUT2D eigenvalue weighted by atomic mass is 10.1. The van der Waals surface area contributed by atoms with Crippen molar-refractivity contribution < 1.29 is 9.53 Å². The Morgan fingerprint density at radius 1 is 0.818 bits per heavy atom. The number of carbonyl (C=O) groups is 1. The fourth-order valence-electron chi connectivity index (χ4n) is 4.70. The summed E-state index contributed by atoms with van der Waals surface area (Å²) in [5, 5.41) is 0. The van der Waals surface area contributed by atoms with Gasteiger partial charge in [0.15, 0.2) is 11.6 Å². The number of para-hydroxylation sites is 2. The molecule has 7 heteroatoms. The molecule has 0 radical (unpaired) electrons. The van der Waals surface area contributed by atoms with Gasteiger partial charge >= 0.3 is 0 Å². The minimum Gasteiger partial charge on any atom is -0.497 e. The standard InChI is InChI=1S/C26H31N5O2/c1-33-21-11-8-20(9-12-21)10-13-24(32)29-16-18-31(19-17-29)26-25(30-14-4-5-15-30)27-22-6-2-3-7-23(22)28-26/h2-3,6-9,11-12H,4-5,10,13-19H2,1H3. The Hall–Kier alpha value is -3.35. The zero-order chi connectivity index (χ0) is 22.6. The molecule has 0 unspecified atom stereocenters. The highest BCUT2D eigenvalue weighted by Crippen LogP contribution is 2.31. The van der Waals surface area contributed by atoms with Gasteiger partial charge in [-0.15, -0.1) is 0 Å². The van der Waals surface area contributed by atoms with Crippen LogP contribution in [0.2, 0.25) is 0 Å². The maximum absolute atomic E-state index is 12.8. The summed E-state index contributed by atoms with van der Waals surface area (Å²) in [5.74, 6) is 3.01. The molecule has 0 atom stereocenters. The van der Waals surface area contributed by atoms with Gasteiger partial charge in [0.2, 0.25) is 5.91 Å². The molecule has 3 aromatic rings. The SMILES string of the molecule is COc1ccc(CCC(=O)N2CCN(c3nc4ccccc4nc3N3CCCC3)CC2)cc1. The number of anilines is 2. The van der Waals surface area contributed by atoms with Gasteiger partial charge in [-0.05, 0) is 49.1 Å². The van der Waals surface area contributed by atoms with E-state index in [-0.39, 0.29) is 5.91 Å². The van der Waals surface area contributed by atoms with Crippen LogP contribution in [-0.2, 0) is 11.2 Å². The maximum Gasteiger partial charge on any atom is 0.223 e. The van der Waals surface area contributed by atoms with Crippen LogP contribution in [0.3, 0.4) is 0 Å². The molecule has 3 heterocycles. The van der Waals surface area contributed by atoms with E-state index in [0.717, 1.165) is 79.7 Å². The quantitative estimate of drug-likeness (QED) is 0.579. The summed E-state index contributed by atoms with van der Waals surface area (Å²) in [4.78, 5) is 29.5. The van der Waals surface area contributed by atoms with Crippen LogP contribution < -0.4 is 14.5 Å². The van der Waals surface area contributed by atoms with Crippen LogP contribution >= 0.6 is 0 Å². The Morgan fingerprint density at radius 3 is 1.97 bits per heavy atom. The van der Waals surface area contributed by atoms with Crippen LogP contribution in [-0.4, -0.2) is 67.2 Å². The second-order valence-electron chi connectivity index (χ2n) is 8.77. The number of hydrogen-bond acceptors (Lipinski definition) is 6. The Bertz CT molecular complexity index is 1100. The zero-order valence-electron chi connectivity index (χ0n) is 19.2. The van der Waals surface area contributed by atoms with E-state index < -0.39 is 0 Å². The predicted octanol–water partition coefficient (Wildman–Crippen LogP) is 3.52. The van der Waals surface area contributed by atoms with Crippen LogP contribution in [0.5, 0.6) is 5.75 Å². The Balaban J connectivity index is 1.24. The highest BCUT2D eigenvalue weighted by Gasteiger charge is 2.27. The lowest BCUT2D eigenvalue weighted by Crippen LogP contribution is -2.49. The molecule has 0 spiro atoms.